The van der Waals surface area contributed by atoms with Gasteiger partial charge in [0.2, 0.25) is 16.6 Å². The fraction of sp³-hybridized carbons (Fsp3) is 0.667. The summed E-state index contributed by atoms with van der Waals surface area (Å²) in [5, 5.41) is 21.1. The number of amides is 1. The number of aryl methyl sites for hydroxylation is 2. The third kappa shape index (κ3) is 6.23. The number of unbranched alkanes of at least 4 members (excludes halogenated alkanes) is 5. The number of alkyl halides is 3. The van der Waals surface area contributed by atoms with Gasteiger partial charge in [-0.1, -0.05) is 50.4 Å². The lowest BCUT2D eigenvalue weighted by atomic mass is 9.97. The Balaban J connectivity index is 1.93. The second kappa shape index (κ2) is 10.1. The molecule has 0 bridgehead atoms. The molecule has 0 saturated carbocycles. The zero-order valence-electron chi connectivity index (χ0n) is 16.5. The molecule has 1 atom stereocenters. The van der Waals surface area contributed by atoms with Crippen LogP contribution in [0.2, 0.25) is 0 Å². The van der Waals surface area contributed by atoms with Gasteiger partial charge in [0.15, 0.2) is 5.82 Å². The van der Waals surface area contributed by atoms with Gasteiger partial charge in [-0.15, -0.1) is 10.2 Å². The first-order valence-electron chi connectivity index (χ1n) is 9.56. The van der Waals surface area contributed by atoms with E-state index in [9.17, 15) is 23.1 Å². The molecule has 0 aliphatic rings. The quantitative estimate of drug-likeness (QED) is 0.524. The number of hydrogen-bond donors (Lipinski definition) is 2. The van der Waals surface area contributed by atoms with Crippen LogP contribution in [-0.2, 0) is 23.9 Å². The SMILES string of the molecule is CCCCCCCCc1nnc(NC(=O)CC(O)(c2nccn2C)C(F)(F)F)s1. The summed E-state index contributed by atoms with van der Waals surface area (Å²) in [6, 6.07) is 0. The number of imidazole rings is 1. The van der Waals surface area contributed by atoms with Gasteiger partial charge >= 0.3 is 6.18 Å². The van der Waals surface area contributed by atoms with Crippen molar-refractivity contribution in [2.45, 2.75) is 70.1 Å². The number of nitrogens with zero attached hydrogens (tertiary/aromatic N) is 4. The van der Waals surface area contributed by atoms with Crippen LogP contribution in [-0.4, -0.2) is 36.9 Å². The first-order valence-corrected chi connectivity index (χ1v) is 10.4. The van der Waals surface area contributed by atoms with Gasteiger partial charge < -0.3 is 15.0 Å². The zero-order chi connectivity index (χ0) is 21.5. The molecule has 7 nitrogen and oxygen atoms in total. The van der Waals surface area contributed by atoms with Crippen molar-refractivity contribution in [3.05, 3.63) is 23.2 Å². The zero-order valence-corrected chi connectivity index (χ0v) is 17.3. The number of aliphatic hydroxyl groups is 1. The molecule has 2 heterocycles. The van der Waals surface area contributed by atoms with Crippen molar-refractivity contribution < 1.29 is 23.1 Å². The van der Waals surface area contributed by atoms with E-state index in [1.807, 2.05) is 0 Å². The van der Waals surface area contributed by atoms with Crippen molar-refractivity contribution in [3.8, 4) is 0 Å². The predicted octanol–water partition coefficient (Wildman–Crippen LogP) is 3.95. The molecule has 2 rings (SSSR count). The molecular weight excluding hydrogens is 407 g/mol. The van der Waals surface area contributed by atoms with E-state index in [-0.39, 0.29) is 5.13 Å². The molecule has 2 aromatic heterocycles. The highest BCUT2D eigenvalue weighted by Gasteiger charge is 2.58. The summed E-state index contributed by atoms with van der Waals surface area (Å²) in [5.74, 6) is -1.67. The van der Waals surface area contributed by atoms with Crippen LogP contribution in [0.25, 0.3) is 0 Å². The van der Waals surface area contributed by atoms with Crippen LogP contribution < -0.4 is 5.32 Å². The lowest BCUT2D eigenvalue weighted by molar-refractivity contribution is -0.270. The minimum Gasteiger partial charge on any atom is -0.374 e. The van der Waals surface area contributed by atoms with E-state index in [1.54, 1.807) is 0 Å². The Hall–Kier alpha value is -2.01. The summed E-state index contributed by atoms with van der Waals surface area (Å²) in [6.45, 7) is 2.16. The molecule has 1 amide bonds. The van der Waals surface area contributed by atoms with E-state index in [0.29, 0.717) is 11.4 Å². The summed E-state index contributed by atoms with van der Waals surface area (Å²) < 4.78 is 41.5. The van der Waals surface area contributed by atoms with Gasteiger partial charge in [-0.05, 0) is 6.42 Å². The maximum atomic E-state index is 13.5. The first-order chi connectivity index (χ1) is 13.7. The molecule has 2 N–H and O–H groups in total. The van der Waals surface area contributed by atoms with Crippen molar-refractivity contribution >= 4 is 22.4 Å². The fourth-order valence-electron chi connectivity index (χ4n) is 2.93. The number of hydrogen-bond acceptors (Lipinski definition) is 6. The van der Waals surface area contributed by atoms with Crippen LogP contribution in [0.5, 0.6) is 0 Å². The highest BCUT2D eigenvalue weighted by atomic mass is 32.1. The molecule has 0 spiro atoms. The molecule has 0 aliphatic carbocycles. The van der Waals surface area contributed by atoms with E-state index in [0.717, 1.165) is 41.4 Å². The summed E-state index contributed by atoms with van der Waals surface area (Å²) >= 11 is 1.13. The molecular formula is C18H26F3N5O2S. The van der Waals surface area contributed by atoms with E-state index < -0.39 is 29.9 Å². The standard InChI is InChI=1S/C18H26F3N5O2S/c1-3-4-5-6-7-8-9-14-24-25-16(29-14)23-13(27)12-17(28,18(19,20)21)15-22-10-11-26(15)2/h10-11,28H,3-9,12H2,1-2H3,(H,23,25,27). The molecule has 0 radical (unpaired) electrons. The molecule has 11 heteroatoms. The normalized spacial score (nSPS) is 14.0. The Bertz CT molecular complexity index is 793. The Labute approximate surface area is 171 Å². The number of aromatic nitrogens is 4. The number of carbonyl (C=O) groups excluding carboxylic acids is 1. The molecule has 0 aliphatic heterocycles. The van der Waals surface area contributed by atoms with Gasteiger partial charge in [0.1, 0.15) is 5.01 Å². The minimum atomic E-state index is -5.08. The number of carbonyl (C=O) groups is 1. The third-order valence-corrected chi connectivity index (χ3v) is 5.43. The van der Waals surface area contributed by atoms with Gasteiger partial charge in [-0.3, -0.25) is 4.79 Å². The maximum Gasteiger partial charge on any atom is 0.425 e. The van der Waals surface area contributed by atoms with Crippen molar-refractivity contribution in [2.24, 2.45) is 7.05 Å². The molecule has 0 aromatic carbocycles. The number of nitrogens with one attached hydrogen (secondary N) is 1. The second-order valence-corrected chi connectivity index (χ2v) is 8.03. The largest absolute Gasteiger partial charge is 0.425 e. The van der Waals surface area contributed by atoms with Gasteiger partial charge in [0.05, 0.1) is 6.42 Å². The highest BCUT2D eigenvalue weighted by Crippen LogP contribution is 2.41. The van der Waals surface area contributed by atoms with Crippen LogP contribution in [0.3, 0.4) is 0 Å². The van der Waals surface area contributed by atoms with Gasteiger partial charge in [0.25, 0.3) is 0 Å². The Morgan fingerprint density at radius 2 is 1.90 bits per heavy atom. The summed E-state index contributed by atoms with van der Waals surface area (Å²) in [6.07, 6.45) is 3.57. The summed E-state index contributed by atoms with van der Waals surface area (Å²) in [4.78, 5) is 15.7. The second-order valence-electron chi connectivity index (χ2n) is 6.96. The minimum absolute atomic E-state index is 0.111. The van der Waals surface area contributed by atoms with Crippen molar-refractivity contribution in [1.29, 1.82) is 0 Å². The van der Waals surface area contributed by atoms with E-state index >= 15 is 0 Å². The van der Waals surface area contributed by atoms with Crippen LogP contribution in [0.1, 0.15) is 62.7 Å². The number of halogens is 3. The first kappa shape index (κ1) is 23.3. The van der Waals surface area contributed by atoms with Gasteiger partial charge in [-0.2, -0.15) is 13.2 Å². The topological polar surface area (TPSA) is 92.9 Å². The Morgan fingerprint density at radius 3 is 2.52 bits per heavy atom. The van der Waals surface area contributed by atoms with Crippen LogP contribution in [0.15, 0.2) is 12.4 Å². The third-order valence-electron chi connectivity index (χ3n) is 4.53. The van der Waals surface area contributed by atoms with E-state index in [2.05, 4.69) is 27.4 Å². The lowest BCUT2D eigenvalue weighted by Crippen LogP contribution is -2.46. The van der Waals surface area contributed by atoms with E-state index in [4.69, 9.17) is 0 Å². The molecule has 1 unspecified atom stereocenters. The Morgan fingerprint density at radius 1 is 1.21 bits per heavy atom. The summed E-state index contributed by atoms with van der Waals surface area (Å²) in [7, 11) is 1.32. The predicted molar refractivity (Wildman–Crippen MR) is 103 cm³/mol. The molecule has 29 heavy (non-hydrogen) atoms. The highest BCUT2D eigenvalue weighted by molar-refractivity contribution is 7.15. The van der Waals surface area contributed by atoms with Gasteiger partial charge in [-0.25, -0.2) is 4.98 Å². The maximum absolute atomic E-state index is 13.5. The Kier molecular flexibility index (Phi) is 8.14. The molecule has 0 fully saturated rings. The number of anilines is 1. The molecule has 0 saturated heterocycles. The van der Waals surface area contributed by atoms with Crippen molar-refractivity contribution in [3.63, 3.8) is 0 Å². The van der Waals surface area contributed by atoms with Crippen LogP contribution >= 0.6 is 11.3 Å². The van der Waals surface area contributed by atoms with Crippen LogP contribution in [0.4, 0.5) is 18.3 Å². The van der Waals surface area contributed by atoms with E-state index in [1.165, 1.54) is 32.5 Å². The number of rotatable bonds is 11. The van der Waals surface area contributed by atoms with Crippen molar-refractivity contribution in [2.75, 3.05) is 5.32 Å². The molecule has 2 aromatic rings. The van der Waals surface area contributed by atoms with Crippen molar-refractivity contribution in [1.82, 2.24) is 19.7 Å². The lowest BCUT2D eigenvalue weighted by Gasteiger charge is -2.29. The smallest absolute Gasteiger partial charge is 0.374 e. The monoisotopic (exact) mass is 433 g/mol. The van der Waals surface area contributed by atoms with Crippen LogP contribution in [0, 0.1) is 0 Å². The fourth-order valence-corrected chi connectivity index (χ4v) is 3.73. The molecule has 162 valence electrons. The average Bonchev–Trinajstić information content (AvgIpc) is 3.26. The summed E-state index contributed by atoms with van der Waals surface area (Å²) in [5.41, 5.74) is -3.40. The average molecular weight is 434 g/mol. The van der Waals surface area contributed by atoms with Gasteiger partial charge in [0, 0.05) is 25.9 Å².